The summed E-state index contributed by atoms with van der Waals surface area (Å²) in [7, 11) is 0. The van der Waals surface area contributed by atoms with Gasteiger partial charge < -0.3 is 9.47 Å². The lowest BCUT2D eigenvalue weighted by Gasteiger charge is -2.21. The van der Waals surface area contributed by atoms with Crippen LogP contribution < -0.4 is 4.74 Å². The molecule has 7 nitrogen and oxygen atoms in total. The molecule has 0 amide bonds. The molecule has 1 fully saturated rings. The first kappa shape index (κ1) is 15.8. The molecule has 1 saturated heterocycles. The Hall–Kier alpha value is -2.67. The molecule has 128 valence electrons. The van der Waals surface area contributed by atoms with Crippen LogP contribution in [-0.4, -0.2) is 38.2 Å². The molecule has 8 heteroatoms. The number of nitrogens with zero attached hydrogens (tertiary/aromatic N) is 4. The molecule has 0 saturated carbocycles. The van der Waals surface area contributed by atoms with Crippen LogP contribution in [0.4, 0.5) is 0 Å². The summed E-state index contributed by atoms with van der Waals surface area (Å²) in [5.41, 5.74) is 1.22. The monoisotopic (exact) mass is 358 g/mol. The van der Waals surface area contributed by atoms with Crippen molar-refractivity contribution in [2.75, 3.05) is 6.61 Å². The number of benzene rings is 1. The van der Waals surface area contributed by atoms with Crippen molar-refractivity contribution in [3.63, 3.8) is 0 Å². The molecule has 0 radical (unpaired) electrons. The highest BCUT2D eigenvalue weighted by Gasteiger charge is 2.46. The lowest BCUT2D eigenvalue weighted by atomic mass is 9.90. The van der Waals surface area contributed by atoms with Gasteiger partial charge in [0.05, 0.1) is 17.2 Å². The number of hydrogen-bond acceptors (Lipinski definition) is 6. The smallest absolute Gasteiger partial charge is 0.348 e. The lowest BCUT2D eigenvalue weighted by molar-refractivity contribution is -0.144. The summed E-state index contributed by atoms with van der Waals surface area (Å²) in [5.74, 6) is 0.0164. The van der Waals surface area contributed by atoms with Crippen LogP contribution in [0.2, 0.25) is 5.02 Å². The Morgan fingerprint density at radius 2 is 2.12 bits per heavy atom. The van der Waals surface area contributed by atoms with Crippen LogP contribution in [0.5, 0.6) is 6.01 Å². The van der Waals surface area contributed by atoms with Gasteiger partial charge in [0.1, 0.15) is 18.0 Å². The zero-order valence-corrected chi connectivity index (χ0v) is 14.4. The number of carbonyl (C=O) groups is 1. The van der Waals surface area contributed by atoms with Crippen molar-refractivity contribution in [1.29, 1.82) is 0 Å². The fourth-order valence-electron chi connectivity index (χ4n) is 2.74. The molecule has 3 aromatic rings. The predicted molar refractivity (Wildman–Crippen MR) is 90.8 cm³/mol. The molecule has 25 heavy (non-hydrogen) atoms. The van der Waals surface area contributed by atoms with Crippen LogP contribution in [0.3, 0.4) is 0 Å². The average molecular weight is 359 g/mol. The number of fused-ring (bicyclic) bond motifs is 1. The van der Waals surface area contributed by atoms with Crippen LogP contribution >= 0.6 is 11.6 Å². The molecule has 0 spiro atoms. The lowest BCUT2D eigenvalue weighted by Crippen LogP contribution is -2.36. The summed E-state index contributed by atoms with van der Waals surface area (Å²) in [5, 5.41) is 0.351. The molecule has 4 rings (SSSR count). The van der Waals surface area contributed by atoms with Gasteiger partial charge in [-0.25, -0.2) is 14.8 Å². The zero-order valence-electron chi connectivity index (χ0n) is 13.6. The van der Waals surface area contributed by atoms with Crippen LogP contribution in [-0.2, 0) is 9.53 Å². The first-order valence-corrected chi connectivity index (χ1v) is 8.12. The average Bonchev–Trinajstić information content (AvgIpc) is 3.12. The number of hydrogen-bond donors (Lipinski definition) is 0. The molecule has 0 aliphatic carbocycles. The predicted octanol–water partition coefficient (Wildman–Crippen LogP) is 2.80. The third-order valence-corrected chi connectivity index (χ3v) is 4.39. The van der Waals surface area contributed by atoms with Crippen molar-refractivity contribution in [2.45, 2.75) is 20.0 Å². The Balaban J connectivity index is 1.73. The van der Waals surface area contributed by atoms with Gasteiger partial charge in [-0.15, -0.1) is 0 Å². The Kier molecular flexibility index (Phi) is 3.61. The highest BCUT2D eigenvalue weighted by atomic mass is 35.5. The number of aromatic nitrogens is 4. The van der Waals surface area contributed by atoms with E-state index in [0.29, 0.717) is 17.4 Å². The van der Waals surface area contributed by atoms with E-state index < -0.39 is 17.5 Å². The molecule has 0 N–H and O–H groups in total. The molecule has 1 atom stereocenters. The topological polar surface area (TPSA) is 79.1 Å². The van der Waals surface area contributed by atoms with Crippen molar-refractivity contribution in [2.24, 2.45) is 5.41 Å². The highest BCUT2D eigenvalue weighted by Crippen LogP contribution is 2.32. The number of halogens is 1. The van der Waals surface area contributed by atoms with Gasteiger partial charge in [0.2, 0.25) is 6.10 Å². The quantitative estimate of drug-likeness (QED) is 0.670. The summed E-state index contributed by atoms with van der Waals surface area (Å²) in [6, 6.07) is 7.69. The minimum absolute atomic E-state index is 0.0640. The van der Waals surface area contributed by atoms with E-state index in [-0.39, 0.29) is 6.01 Å². The summed E-state index contributed by atoms with van der Waals surface area (Å²) < 4.78 is 12.5. The first-order chi connectivity index (χ1) is 12.0. The van der Waals surface area contributed by atoms with E-state index in [1.165, 1.54) is 6.20 Å². The van der Waals surface area contributed by atoms with Gasteiger partial charge >= 0.3 is 12.0 Å². The van der Waals surface area contributed by atoms with Crippen LogP contribution in [0.25, 0.3) is 16.9 Å². The van der Waals surface area contributed by atoms with Gasteiger partial charge in [-0.1, -0.05) is 37.6 Å². The Morgan fingerprint density at radius 1 is 1.32 bits per heavy atom. The van der Waals surface area contributed by atoms with Gasteiger partial charge in [-0.3, -0.25) is 4.57 Å². The molecule has 3 heterocycles. The van der Waals surface area contributed by atoms with E-state index in [2.05, 4.69) is 15.0 Å². The first-order valence-electron chi connectivity index (χ1n) is 7.74. The normalized spacial score (nSPS) is 19.2. The van der Waals surface area contributed by atoms with Gasteiger partial charge in [-0.2, -0.15) is 4.98 Å². The number of ether oxygens (including phenoxy) is 2. The molecular weight excluding hydrogens is 344 g/mol. The number of imidazole rings is 1. The molecule has 1 aromatic carbocycles. The number of para-hydroxylation sites is 2. The number of rotatable bonds is 3. The number of esters is 1. The second-order valence-electron chi connectivity index (χ2n) is 6.52. The maximum absolute atomic E-state index is 11.9. The third kappa shape index (κ3) is 2.70. The van der Waals surface area contributed by atoms with Gasteiger partial charge in [0.15, 0.2) is 5.82 Å². The van der Waals surface area contributed by atoms with Crippen LogP contribution in [0.15, 0.2) is 36.8 Å². The Bertz CT molecular complexity index is 969. The maximum atomic E-state index is 11.9. The van der Waals surface area contributed by atoms with E-state index in [1.807, 2.05) is 38.1 Å². The van der Waals surface area contributed by atoms with Gasteiger partial charge in [-0.05, 0) is 12.1 Å². The van der Waals surface area contributed by atoms with Gasteiger partial charge in [0, 0.05) is 5.41 Å². The Morgan fingerprint density at radius 3 is 2.88 bits per heavy atom. The maximum Gasteiger partial charge on any atom is 0.348 e. The molecule has 1 aliphatic heterocycles. The fourth-order valence-corrected chi connectivity index (χ4v) is 2.92. The fraction of sp³-hybridized carbons (Fsp3) is 0.294. The van der Waals surface area contributed by atoms with Crippen molar-refractivity contribution in [3.05, 3.63) is 41.8 Å². The van der Waals surface area contributed by atoms with Crippen molar-refractivity contribution >= 4 is 28.6 Å². The van der Waals surface area contributed by atoms with Crippen molar-refractivity contribution in [3.8, 4) is 11.8 Å². The summed E-state index contributed by atoms with van der Waals surface area (Å²) in [6.45, 7) is 4.08. The summed E-state index contributed by atoms with van der Waals surface area (Å²) >= 11 is 6.27. The number of carbonyl (C=O) groups excluding carboxylic acids is 1. The third-order valence-electron chi connectivity index (χ3n) is 4.12. The van der Waals surface area contributed by atoms with E-state index in [9.17, 15) is 4.79 Å². The van der Waals surface area contributed by atoms with Crippen molar-refractivity contribution < 1.29 is 14.3 Å². The minimum atomic E-state index is -0.763. The summed E-state index contributed by atoms with van der Waals surface area (Å²) in [6.07, 6.45) is 2.32. The zero-order chi connectivity index (χ0) is 17.6. The van der Waals surface area contributed by atoms with E-state index in [1.54, 1.807) is 10.9 Å². The standard InChI is InChI=1S/C17H15ClN4O3/c1-17(2)8-24-15(23)13(17)25-16-19-7-10(18)14(21-16)22-9-20-11-5-3-4-6-12(11)22/h3-7,9,13H,8H2,1-2H3. The molecule has 1 unspecified atom stereocenters. The summed E-state index contributed by atoms with van der Waals surface area (Å²) in [4.78, 5) is 24.7. The highest BCUT2D eigenvalue weighted by molar-refractivity contribution is 6.32. The second-order valence-corrected chi connectivity index (χ2v) is 6.93. The number of cyclic esters (lactones) is 1. The van der Waals surface area contributed by atoms with Crippen molar-refractivity contribution in [1.82, 2.24) is 19.5 Å². The van der Waals surface area contributed by atoms with E-state index >= 15 is 0 Å². The minimum Gasteiger partial charge on any atom is -0.462 e. The Labute approximate surface area is 148 Å². The van der Waals surface area contributed by atoms with E-state index in [4.69, 9.17) is 21.1 Å². The van der Waals surface area contributed by atoms with Gasteiger partial charge in [0.25, 0.3) is 0 Å². The largest absolute Gasteiger partial charge is 0.462 e. The molecule has 1 aliphatic rings. The molecule has 0 bridgehead atoms. The molecular formula is C17H15ClN4O3. The van der Waals surface area contributed by atoms with E-state index in [0.717, 1.165) is 11.0 Å². The van der Waals surface area contributed by atoms with Crippen LogP contribution in [0, 0.1) is 5.41 Å². The van der Waals surface area contributed by atoms with Crippen LogP contribution in [0.1, 0.15) is 13.8 Å². The second kappa shape index (κ2) is 5.70. The SMILES string of the molecule is CC1(C)COC(=O)C1Oc1ncc(Cl)c(-n2cnc3ccccc32)n1. The molecule has 2 aromatic heterocycles.